The van der Waals surface area contributed by atoms with E-state index in [0.717, 1.165) is 73.1 Å². The lowest BCUT2D eigenvalue weighted by molar-refractivity contribution is -0.137. The predicted molar refractivity (Wildman–Crippen MR) is 121 cm³/mol. The molecule has 2 N–H and O–H groups in total. The van der Waals surface area contributed by atoms with Crippen molar-refractivity contribution >= 4 is 28.8 Å². The fraction of sp³-hybridized carbons (Fsp3) is 0.435. The molecule has 0 atom stereocenters. The van der Waals surface area contributed by atoms with Crippen LogP contribution in [0, 0.1) is 19.8 Å². The van der Waals surface area contributed by atoms with Crippen LogP contribution in [0.3, 0.4) is 0 Å². The third-order valence-corrected chi connectivity index (χ3v) is 6.41. The zero-order valence-electron chi connectivity index (χ0n) is 18.3. The standard InChI is InChI=1S/C23H25ClF3N5O/c1-13-9-14(2)32-21(30-13)20(12-29-32)28-11-15-3-6-17(7-4-15)31-22(33)18-10-16(23(25,26)27)5-8-19(18)24/h5,8-10,12,15,17,28H,3-4,6-7,11H2,1-2H3,(H,31,33). The van der Waals surface area contributed by atoms with Gasteiger partial charge in [0.25, 0.3) is 5.91 Å². The summed E-state index contributed by atoms with van der Waals surface area (Å²) < 4.78 is 40.7. The maximum Gasteiger partial charge on any atom is 0.416 e. The van der Waals surface area contributed by atoms with E-state index < -0.39 is 17.6 Å². The van der Waals surface area contributed by atoms with E-state index in [9.17, 15) is 18.0 Å². The summed E-state index contributed by atoms with van der Waals surface area (Å²) in [5, 5.41) is 10.7. The zero-order chi connectivity index (χ0) is 23.8. The van der Waals surface area contributed by atoms with E-state index in [1.807, 2.05) is 19.9 Å². The molecule has 10 heteroatoms. The van der Waals surface area contributed by atoms with Gasteiger partial charge < -0.3 is 10.6 Å². The van der Waals surface area contributed by atoms with Crippen molar-refractivity contribution in [3.8, 4) is 0 Å². The summed E-state index contributed by atoms with van der Waals surface area (Å²) in [6, 6.07) is 4.68. The van der Waals surface area contributed by atoms with Gasteiger partial charge in [-0.05, 0) is 69.7 Å². The monoisotopic (exact) mass is 479 g/mol. The van der Waals surface area contributed by atoms with Crippen LogP contribution >= 0.6 is 11.6 Å². The third kappa shape index (κ3) is 5.24. The lowest BCUT2D eigenvalue weighted by Crippen LogP contribution is -2.38. The number of rotatable bonds is 5. The Morgan fingerprint density at radius 2 is 1.91 bits per heavy atom. The van der Waals surface area contributed by atoms with Crippen LogP contribution in [0.1, 0.15) is 53.0 Å². The molecule has 2 heterocycles. The Morgan fingerprint density at radius 1 is 1.18 bits per heavy atom. The van der Waals surface area contributed by atoms with Gasteiger partial charge in [0.15, 0.2) is 5.65 Å². The highest BCUT2D eigenvalue weighted by molar-refractivity contribution is 6.33. The molecule has 1 aromatic carbocycles. The van der Waals surface area contributed by atoms with Gasteiger partial charge in [-0.1, -0.05) is 11.6 Å². The summed E-state index contributed by atoms with van der Waals surface area (Å²) >= 11 is 5.98. The molecule has 6 nitrogen and oxygen atoms in total. The van der Waals surface area contributed by atoms with Crippen LogP contribution in [-0.4, -0.2) is 33.1 Å². The number of amides is 1. The van der Waals surface area contributed by atoms with Crippen molar-refractivity contribution in [1.29, 1.82) is 0 Å². The number of alkyl halides is 3. The van der Waals surface area contributed by atoms with Crippen LogP contribution in [0.4, 0.5) is 18.9 Å². The van der Waals surface area contributed by atoms with Crippen molar-refractivity contribution in [1.82, 2.24) is 19.9 Å². The number of benzene rings is 1. The minimum atomic E-state index is -4.53. The molecule has 176 valence electrons. The Kier molecular flexibility index (Phi) is 6.52. The average Bonchev–Trinajstić information content (AvgIpc) is 3.15. The number of hydrogen-bond donors (Lipinski definition) is 2. The van der Waals surface area contributed by atoms with Gasteiger partial charge >= 0.3 is 6.18 Å². The van der Waals surface area contributed by atoms with Crippen LogP contribution < -0.4 is 10.6 Å². The number of carbonyl (C=O) groups is 1. The van der Waals surface area contributed by atoms with Crippen LogP contribution in [-0.2, 0) is 6.18 Å². The van der Waals surface area contributed by atoms with Gasteiger partial charge in [0.05, 0.1) is 28.0 Å². The molecule has 1 saturated carbocycles. The second-order valence-corrected chi connectivity index (χ2v) is 9.00. The van der Waals surface area contributed by atoms with E-state index in [1.54, 1.807) is 10.7 Å². The Labute approximate surface area is 194 Å². The molecule has 1 amide bonds. The molecule has 1 fully saturated rings. The summed E-state index contributed by atoms with van der Waals surface area (Å²) in [6.45, 7) is 4.70. The largest absolute Gasteiger partial charge is 0.416 e. The second-order valence-electron chi connectivity index (χ2n) is 8.60. The fourth-order valence-corrected chi connectivity index (χ4v) is 4.50. The Bertz CT molecular complexity index is 1170. The van der Waals surface area contributed by atoms with E-state index in [4.69, 9.17) is 11.6 Å². The Balaban J connectivity index is 1.31. The number of carbonyl (C=O) groups excluding carboxylic acids is 1. The molecule has 33 heavy (non-hydrogen) atoms. The molecule has 1 aliphatic carbocycles. The molecule has 2 aromatic heterocycles. The quantitative estimate of drug-likeness (QED) is 0.512. The van der Waals surface area contributed by atoms with Gasteiger partial charge in [-0.3, -0.25) is 4.79 Å². The fourth-order valence-electron chi connectivity index (χ4n) is 4.30. The van der Waals surface area contributed by atoms with Crippen LogP contribution in [0.5, 0.6) is 0 Å². The van der Waals surface area contributed by atoms with E-state index >= 15 is 0 Å². The topological polar surface area (TPSA) is 71.3 Å². The number of fused-ring (bicyclic) bond motifs is 1. The highest BCUT2D eigenvalue weighted by atomic mass is 35.5. The number of nitrogens with zero attached hydrogens (tertiary/aromatic N) is 3. The normalized spacial score (nSPS) is 19.0. The highest BCUT2D eigenvalue weighted by Crippen LogP contribution is 2.32. The van der Waals surface area contributed by atoms with Gasteiger partial charge in [-0.15, -0.1) is 0 Å². The first-order valence-electron chi connectivity index (χ1n) is 10.9. The minimum absolute atomic E-state index is 0.00544. The van der Waals surface area contributed by atoms with E-state index in [-0.39, 0.29) is 16.6 Å². The lowest BCUT2D eigenvalue weighted by atomic mass is 9.86. The van der Waals surface area contributed by atoms with Crippen molar-refractivity contribution in [2.45, 2.75) is 51.7 Å². The van der Waals surface area contributed by atoms with Crippen LogP contribution in [0.15, 0.2) is 30.5 Å². The molecule has 0 aliphatic heterocycles. The first-order valence-corrected chi connectivity index (χ1v) is 11.2. The summed E-state index contributed by atoms with van der Waals surface area (Å²) in [6.07, 6.45) is 0.524. The molecule has 0 unspecified atom stereocenters. The molecule has 4 rings (SSSR count). The number of aromatic nitrogens is 3. The SMILES string of the molecule is Cc1cc(C)n2ncc(NCC3CCC(NC(=O)c4cc(C(F)(F)F)ccc4Cl)CC3)c2n1. The van der Waals surface area contributed by atoms with Gasteiger partial charge in [0.1, 0.15) is 0 Å². The lowest BCUT2D eigenvalue weighted by Gasteiger charge is -2.29. The predicted octanol–water partition coefficient (Wildman–Crippen LogP) is 5.42. The molecule has 0 saturated heterocycles. The third-order valence-electron chi connectivity index (χ3n) is 6.08. The molecule has 0 bridgehead atoms. The number of halogens is 4. The number of anilines is 1. The first-order chi connectivity index (χ1) is 15.6. The molecule has 0 radical (unpaired) electrons. The average molecular weight is 480 g/mol. The zero-order valence-corrected chi connectivity index (χ0v) is 19.1. The van der Waals surface area contributed by atoms with Gasteiger partial charge in [-0.25, -0.2) is 9.50 Å². The van der Waals surface area contributed by atoms with Crippen molar-refractivity contribution in [3.63, 3.8) is 0 Å². The molecular weight excluding hydrogens is 455 g/mol. The van der Waals surface area contributed by atoms with Crippen LogP contribution in [0.25, 0.3) is 5.65 Å². The van der Waals surface area contributed by atoms with E-state index in [2.05, 4.69) is 20.7 Å². The number of nitrogens with one attached hydrogen (secondary N) is 2. The highest BCUT2D eigenvalue weighted by Gasteiger charge is 2.32. The van der Waals surface area contributed by atoms with Crippen molar-refractivity contribution in [2.75, 3.05) is 11.9 Å². The van der Waals surface area contributed by atoms with Crippen molar-refractivity contribution in [3.05, 3.63) is 58.0 Å². The first kappa shape index (κ1) is 23.4. The van der Waals surface area contributed by atoms with Crippen LogP contribution in [0.2, 0.25) is 5.02 Å². The van der Waals surface area contributed by atoms with Crippen molar-refractivity contribution < 1.29 is 18.0 Å². The molecule has 0 spiro atoms. The van der Waals surface area contributed by atoms with Crippen molar-refractivity contribution in [2.24, 2.45) is 5.92 Å². The summed E-state index contributed by atoms with van der Waals surface area (Å²) in [5.74, 6) is -0.160. The van der Waals surface area contributed by atoms with E-state index in [1.165, 1.54) is 0 Å². The maximum atomic E-state index is 13.0. The number of hydrogen-bond acceptors (Lipinski definition) is 4. The Morgan fingerprint density at radius 3 is 2.61 bits per heavy atom. The van der Waals surface area contributed by atoms with Gasteiger partial charge in [0, 0.05) is 24.0 Å². The van der Waals surface area contributed by atoms with E-state index in [0.29, 0.717) is 5.92 Å². The van der Waals surface area contributed by atoms with Gasteiger partial charge in [0.2, 0.25) is 0 Å². The summed E-state index contributed by atoms with van der Waals surface area (Å²) in [5.41, 5.74) is 2.59. The summed E-state index contributed by atoms with van der Waals surface area (Å²) in [4.78, 5) is 17.1. The minimum Gasteiger partial charge on any atom is -0.380 e. The molecule has 3 aromatic rings. The number of aryl methyl sites for hydroxylation is 2. The second kappa shape index (κ2) is 9.21. The maximum absolute atomic E-state index is 13.0. The Hall–Kier alpha value is -2.81. The molecular formula is C23H25ClF3N5O. The smallest absolute Gasteiger partial charge is 0.380 e. The molecule has 1 aliphatic rings. The summed E-state index contributed by atoms with van der Waals surface area (Å²) in [7, 11) is 0. The van der Waals surface area contributed by atoms with Gasteiger partial charge in [-0.2, -0.15) is 18.3 Å².